The van der Waals surface area contributed by atoms with Crippen LogP contribution >= 0.6 is 23.2 Å². The Balaban J connectivity index is 1.66. The van der Waals surface area contributed by atoms with Crippen molar-refractivity contribution < 1.29 is 8.42 Å². The molecule has 0 radical (unpaired) electrons. The van der Waals surface area contributed by atoms with E-state index in [1.807, 2.05) is 0 Å². The molecule has 2 heterocycles. The van der Waals surface area contributed by atoms with Crippen molar-refractivity contribution in [2.75, 3.05) is 26.2 Å². The largest absolute Gasteiger partial charge is 0.293 e. The zero-order chi connectivity index (χ0) is 18.7. The highest BCUT2D eigenvalue weighted by Crippen LogP contribution is 2.28. The maximum atomic E-state index is 12.9. The number of benzene rings is 1. The Morgan fingerprint density at radius 1 is 1.15 bits per heavy atom. The maximum Gasteiger partial charge on any atom is 0.244 e. The van der Waals surface area contributed by atoms with E-state index in [1.54, 1.807) is 10.7 Å². The second kappa shape index (κ2) is 8.18. The predicted molar refractivity (Wildman–Crippen MR) is 98.6 cm³/mol. The normalized spacial score (nSPS) is 16.9. The fourth-order valence-corrected chi connectivity index (χ4v) is 5.02. The summed E-state index contributed by atoms with van der Waals surface area (Å²) in [5.74, 6) is 0.793. The molecule has 0 unspecified atom stereocenters. The second-order valence-corrected chi connectivity index (χ2v) is 8.82. The van der Waals surface area contributed by atoms with Crippen molar-refractivity contribution >= 4 is 33.2 Å². The number of halogens is 2. The van der Waals surface area contributed by atoms with E-state index in [-0.39, 0.29) is 9.92 Å². The monoisotopic (exact) mass is 418 g/mol. The van der Waals surface area contributed by atoms with Crippen LogP contribution in [0.15, 0.2) is 23.1 Å². The topological polar surface area (TPSA) is 84.2 Å². The van der Waals surface area contributed by atoms with Gasteiger partial charge in [0, 0.05) is 37.7 Å². The van der Waals surface area contributed by atoms with E-state index in [0.717, 1.165) is 18.8 Å². The summed E-state index contributed by atoms with van der Waals surface area (Å²) in [4.78, 5) is 2.19. The Labute approximate surface area is 162 Å². The first kappa shape index (κ1) is 19.5. The van der Waals surface area contributed by atoms with Gasteiger partial charge in [-0.1, -0.05) is 30.1 Å². The lowest BCUT2D eigenvalue weighted by Gasteiger charge is -2.33. The number of hydrogen-bond acceptors (Lipinski definition) is 6. The maximum absolute atomic E-state index is 12.9. The van der Waals surface area contributed by atoms with E-state index in [4.69, 9.17) is 23.2 Å². The summed E-state index contributed by atoms with van der Waals surface area (Å²) in [5.41, 5.74) is 0. The first-order valence-corrected chi connectivity index (χ1v) is 10.5. The summed E-state index contributed by atoms with van der Waals surface area (Å²) < 4.78 is 28.9. The number of sulfonamides is 1. The van der Waals surface area contributed by atoms with Gasteiger partial charge >= 0.3 is 0 Å². The van der Waals surface area contributed by atoms with Crippen molar-refractivity contribution in [2.45, 2.75) is 31.3 Å². The number of nitrogens with zero attached hydrogens (tertiary/aromatic N) is 6. The summed E-state index contributed by atoms with van der Waals surface area (Å²) in [6, 6.07) is 4.46. The summed E-state index contributed by atoms with van der Waals surface area (Å²) in [6.45, 7) is 5.37. The van der Waals surface area contributed by atoms with E-state index in [1.165, 1.54) is 16.4 Å². The van der Waals surface area contributed by atoms with Crippen LogP contribution in [0.1, 0.15) is 19.2 Å². The molecule has 1 aromatic carbocycles. The van der Waals surface area contributed by atoms with Gasteiger partial charge in [-0.3, -0.25) is 4.90 Å². The van der Waals surface area contributed by atoms with Crippen LogP contribution in [0.5, 0.6) is 0 Å². The van der Waals surface area contributed by atoms with Gasteiger partial charge in [-0.2, -0.15) is 4.31 Å². The van der Waals surface area contributed by atoms with Crippen molar-refractivity contribution in [1.29, 1.82) is 0 Å². The third-order valence-corrected chi connectivity index (χ3v) is 6.86. The molecule has 1 aliphatic heterocycles. The van der Waals surface area contributed by atoms with Crippen LogP contribution in [-0.2, 0) is 23.1 Å². The lowest BCUT2D eigenvalue weighted by Crippen LogP contribution is -2.48. The lowest BCUT2D eigenvalue weighted by atomic mass is 10.3. The number of aromatic nitrogens is 4. The summed E-state index contributed by atoms with van der Waals surface area (Å²) in [5, 5.41) is 12.3. The van der Waals surface area contributed by atoms with Crippen molar-refractivity contribution in [3.8, 4) is 0 Å². The highest BCUT2D eigenvalue weighted by atomic mass is 35.5. The SMILES string of the molecule is CCCn1nnnc1CN1CCN(S(=O)(=O)c2cc(Cl)ccc2Cl)CC1. The van der Waals surface area contributed by atoms with E-state index in [0.29, 0.717) is 37.7 Å². The fraction of sp³-hybridized carbons (Fsp3) is 0.533. The predicted octanol–water partition coefficient (Wildman–Crippen LogP) is 1.90. The van der Waals surface area contributed by atoms with Crippen molar-refractivity contribution in [1.82, 2.24) is 29.4 Å². The van der Waals surface area contributed by atoms with Gasteiger partial charge in [0.25, 0.3) is 0 Å². The van der Waals surface area contributed by atoms with E-state index < -0.39 is 10.0 Å². The molecule has 0 atom stereocenters. The molecule has 1 aromatic heterocycles. The third-order valence-electron chi connectivity index (χ3n) is 4.25. The first-order valence-electron chi connectivity index (χ1n) is 8.34. The second-order valence-electron chi connectivity index (χ2n) is 6.07. The van der Waals surface area contributed by atoms with E-state index in [2.05, 4.69) is 27.3 Å². The van der Waals surface area contributed by atoms with Crippen molar-refractivity contribution in [3.05, 3.63) is 34.1 Å². The molecular weight excluding hydrogens is 399 g/mol. The fourth-order valence-electron chi connectivity index (χ4n) is 2.86. The minimum atomic E-state index is -3.67. The first-order chi connectivity index (χ1) is 12.4. The van der Waals surface area contributed by atoms with Crippen LogP contribution < -0.4 is 0 Å². The molecular formula is C15H20Cl2N6O2S. The zero-order valence-corrected chi connectivity index (χ0v) is 16.7. The zero-order valence-electron chi connectivity index (χ0n) is 14.3. The Hall–Kier alpha value is -1.26. The van der Waals surface area contributed by atoms with Crippen LogP contribution in [0.2, 0.25) is 10.0 Å². The van der Waals surface area contributed by atoms with Gasteiger partial charge in [0.1, 0.15) is 4.90 Å². The molecule has 3 rings (SSSR count). The Morgan fingerprint density at radius 3 is 2.58 bits per heavy atom. The molecule has 0 N–H and O–H groups in total. The van der Waals surface area contributed by atoms with E-state index >= 15 is 0 Å². The molecule has 0 bridgehead atoms. The molecule has 11 heteroatoms. The standard InChI is InChI=1S/C15H20Cl2N6O2S/c1-2-5-23-15(18-19-20-23)11-21-6-8-22(9-7-21)26(24,25)14-10-12(16)3-4-13(14)17/h3-4,10H,2,5-9,11H2,1H3. The smallest absolute Gasteiger partial charge is 0.244 e. The molecule has 0 saturated carbocycles. The minimum Gasteiger partial charge on any atom is -0.293 e. The Kier molecular flexibility index (Phi) is 6.13. The van der Waals surface area contributed by atoms with Gasteiger partial charge in [0.2, 0.25) is 10.0 Å². The molecule has 142 valence electrons. The van der Waals surface area contributed by atoms with Gasteiger partial charge in [0.15, 0.2) is 5.82 Å². The molecule has 8 nitrogen and oxygen atoms in total. The van der Waals surface area contributed by atoms with Crippen LogP contribution in [0.4, 0.5) is 0 Å². The lowest BCUT2D eigenvalue weighted by molar-refractivity contribution is 0.175. The molecule has 0 amide bonds. The molecule has 1 aliphatic rings. The Morgan fingerprint density at radius 2 is 1.88 bits per heavy atom. The Bertz CT molecular complexity index is 865. The average molecular weight is 419 g/mol. The van der Waals surface area contributed by atoms with Gasteiger partial charge in [-0.05, 0) is 35.0 Å². The molecule has 26 heavy (non-hydrogen) atoms. The minimum absolute atomic E-state index is 0.0482. The van der Waals surface area contributed by atoms with Gasteiger partial charge in [-0.25, -0.2) is 13.1 Å². The van der Waals surface area contributed by atoms with Crippen molar-refractivity contribution in [2.24, 2.45) is 0 Å². The van der Waals surface area contributed by atoms with Gasteiger partial charge in [0.05, 0.1) is 11.6 Å². The van der Waals surface area contributed by atoms with Crippen LogP contribution in [0, 0.1) is 0 Å². The summed E-state index contributed by atoms with van der Waals surface area (Å²) >= 11 is 12.0. The van der Waals surface area contributed by atoms with Gasteiger partial charge < -0.3 is 0 Å². The summed E-state index contributed by atoms with van der Waals surface area (Å²) in [7, 11) is -3.67. The highest BCUT2D eigenvalue weighted by Gasteiger charge is 2.30. The number of rotatable bonds is 6. The van der Waals surface area contributed by atoms with E-state index in [9.17, 15) is 8.42 Å². The molecule has 1 saturated heterocycles. The molecule has 0 spiro atoms. The van der Waals surface area contributed by atoms with Gasteiger partial charge in [-0.15, -0.1) is 5.10 Å². The van der Waals surface area contributed by atoms with Crippen molar-refractivity contribution in [3.63, 3.8) is 0 Å². The molecule has 1 fully saturated rings. The van der Waals surface area contributed by atoms with Crippen LogP contribution in [0.3, 0.4) is 0 Å². The number of tetrazole rings is 1. The van der Waals surface area contributed by atoms with Crippen LogP contribution in [0.25, 0.3) is 0 Å². The quantitative estimate of drug-likeness (QED) is 0.711. The third kappa shape index (κ3) is 4.17. The number of hydrogen-bond donors (Lipinski definition) is 0. The molecule has 2 aromatic rings. The average Bonchev–Trinajstić information content (AvgIpc) is 3.05. The molecule has 0 aliphatic carbocycles. The number of aryl methyl sites for hydroxylation is 1. The van der Waals surface area contributed by atoms with Crippen LogP contribution in [-0.4, -0.2) is 64.0 Å². The number of piperazine rings is 1. The summed E-state index contributed by atoms with van der Waals surface area (Å²) in [6.07, 6.45) is 0.949. The highest BCUT2D eigenvalue weighted by molar-refractivity contribution is 7.89.